The van der Waals surface area contributed by atoms with E-state index in [1.807, 2.05) is 0 Å². The van der Waals surface area contributed by atoms with Crippen molar-refractivity contribution >= 4 is 17.6 Å². The molecule has 1 N–H and O–H groups in total. The second-order valence-electron chi connectivity index (χ2n) is 6.14. The number of nitrogens with zero attached hydrogens (tertiary/aromatic N) is 4. The highest BCUT2D eigenvalue weighted by Crippen LogP contribution is 2.42. The summed E-state index contributed by atoms with van der Waals surface area (Å²) < 4.78 is 61.6. The molecule has 12 heteroatoms. The third-order valence-corrected chi connectivity index (χ3v) is 4.57. The molecule has 0 bridgehead atoms. The number of alkyl halides is 3. The van der Waals surface area contributed by atoms with Crippen LogP contribution >= 0.6 is 11.6 Å². The number of benzene rings is 1. The molecule has 0 fully saturated rings. The molecule has 0 amide bonds. The van der Waals surface area contributed by atoms with Crippen LogP contribution in [0.2, 0.25) is 5.02 Å². The normalized spacial score (nSPS) is 11.6. The van der Waals surface area contributed by atoms with Gasteiger partial charge in [0.15, 0.2) is 17.3 Å². The van der Waals surface area contributed by atoms with E-state index in [4.69, 9.17) is 16.1 Å². The third-order valence-electron chi connectivity index (χ3n) is 4.25. The van der Waals surface area contributed by atoms with Gasteiger partial charge >= 0.3 is 12.1 Å². The first kappa shape index (κ1) is 20.5. The van der Waals surface area contributed by atoms with E-state index < -0.39 is 51.8 Å². The van der Waals surface area contributed by atoms with Gasteiger partial charge in [0.1, 0.15) is 17.1 Å². The molecular formula is C19H9ClF4N4O3. The Kier molecular flexibility index (Phi) is 4.97. The lowest BCUT2D eigenvalue weighted by molar-refractivity contribution is -0.142. The third kappa shape index (κ3) is 3.52. The first-order valence-electron chi connectivity index (χ1n) is 8.44. The molecule has 31 heavy (non-hydrogen) atoms. The van der Waals surface area contributed by atoms with Gasteiger partial charge in [-0.3, -0.25) is 0 Å². The smallest absolute Gasteiger partial charge is 0.434 e. The van der Waals surface area contributed by atoms with Crippen LogP contribution in [0.1, 0.15) is 16.1 Å². The molecule has 7 nitrogen and oxygen atoms in total. The van der Waals surface area contributed by atoms with Crippen molar-refractivity contribution in [1.82, 2.24) is 19.9 Å². The van der Waals surface area contributed by atoms with Gasteiger partial charge in [-0.1, -0.05) is 28.9 Å². The van der Waals surface area contributed by atoms with Crippen LogP contribution in [0.3, 0.4) is 0 Å². The van der Waals surface area contributed by atoms with Crippen molar-refractivity contribution in [3.05, 3.63) is 70.9 Å². The predicted molar refractivity (Wildman–Crippen MR) is 99.2 cm³/mol. The number of halogens is 5. The van der Waals surface area contributed by atoms with Crippen LogP contribution in [-0.4, -0.2) is 31.0 Å². The number of hydrogen-bond donors (Lipinski definition) is 1. The zero-order valence-corrected chi connectivity index (χ0v) is 15.8. The summed E-state index contributed by atoms with van der Waals surface area (Å²) in [6.45, 7) is 0. The van der Waals surface area contributed by atoms with Gasteiger partial charge in [0.2, 0.25) is 0 Å². The Balaban J connectivity index is 2.00. The summed E-state index contributed by atoms with van der Waals surface area (Å²) in [5, 5.41) is 16.7. The maximum absolute atomic E-state index is 14.3. The molecule has 0 aliphatic rings. The quantitative estimate of drug-likeness (QED) is 0.433. The molecule has 0 unspecified atom stereocenters. The number of aromatic nitrogens is 4. The van der Waals surface area contributed by atoms with Gasteiger partial charge in [-0.2, -0.15) is 18.3 Å². The number of carboxylic acids is 1. The Morgan fingerprint density at radius 1 is 1.16 bits per heavy atom. The summed E-state index contributed by atoms with van der Waals surface area (Å²) in [5.74, 6) is -3.52. The summed E-state index contributed by atoms with van der Waals surface area (Å²) in [4.78, 5) is 15.8. The highest BCUT2D eigenvalue weighted by molar-refractivity contribution is 6.33. The monoisotopic (exact) mass is 452 g/mol. The van der Waals surface area contributed by atoms with Crippen molar-refractivity contribution < 1.29 is 32.0 Å². The fraction of sp³-hybridized carbons (Fsp3) is 0.0526. The topological polar surface area (TPSA) is 94.0 Å². The molecule has 0 saturated heterocycles. The average molecular weight is 453 g/mol. The lowest BCUT2D eigenvalue weighted by Crippen LogP contribution is -2.15. The molecule has 4 rings (SSSR count). The molecule has 0 atom stereocenters. The van der Waals surface area contributed by atoms with Gasteiger partial charge < -0.3 is 9.63 Å². The van der Waals surface area contributed by atoms with Crippen LogP contribution in [0, 0.1) is 5.82 Å². The minimum Gasteiger partial charge on any atom is -0.477 e. The Labute approximate surface area is 175 Å². The van der Waals surface area contributed by atoms with E-state index in [1.165, 1.54) is 36.5 Å². The van der Waals surface area contributed by atoms with Crippen LogP contribution in [0.5, 0.6) is 0 Å². The standard InChI is InChI=1S/C19H9ClF4N4O3/c20-10-4-3-5-11(21)13(10)15-14(18(29)30)16(31-27-15)9-8-26-28(17(9)19(22,23)24)12-6-1-2-7-25-12/h1-8H,(H,29,30). The van der Waals surface area contributed by atoms with Gasteiger partial charge in [-0.25, -0.2) is 18.9 Å². The second kappa shape index (κ2) is 7.51. The summed E-state index contributed by atoms with van der Waals surface area (Å²) in [6, 6.07) is 7.81. The van der Waals surface area contributed by atoms with Crippen LogP contribution < -0.4 is 0 Å². The molecule has 0 aliphatic carbocycles. The molecule has 4 aromatic rings. The predicted octanol–water partition coefficient (Wildman–Crippen LogP) is 5.10. The fourth-order valence-electron chi connectivity index (χ4n) is 3.01. The van der Waals surface area contributed by atoms with E-state index in [-0.39, 0.29) is 10.8 Å². The maximum Gasteiger partial charge on any atom is 0.434 e. The van der Waals surface area contributed by atoms with E-state index in [9.17, 15) is 27.5 Å². The summed E-state index contributed by atoms with van der Waals surface area (Å²) >= 11 is 5.96. The Morgan fingerprint density at radius 3 is 2.55 bits per heavy atom. The number of carboxylic acid groups (broad SMARTS) is 1. The van der Waals surface area contributed by atoms with Crippen LogP contribution in [0.4, 0.5) is 17.6 Å². The Hall–Kier alpha value is -3.73. The molecule has 3 aromatic heterocycles. The van der Waals surface area contributed by atoms with Crippen molar-refractivity contribution in [2.45, 2.75) is 6.18 Å². The average Bonchev–Trinajstić information content (AvgIpc) is 3.33. The first-order valence-corrected chi connectivity index (χ1v) is 8.82. The van der Waals surface area contributed by atoms with E-state index >= 15 is 0 Å². The Morgan fingerprint density at radius 2 is 1.94 bits per heavy atom. The van der Waals surface area contributed by atoms with Crippen molar-refractivity contribution in [3.63, 3.8) is 0 Å². The zero-order valence-electron chi connectivity index (χ0n) is 15.1. The van der Waals surface area contributed by atoms with Crippen molar-refractivity contribution in [3.8, 4) is 28.4 Å². The largest absolute Gasteiger partial charge is 0.477 e. The van der Waals surface area contributed by atoms with Gasteiger partial charge in [0.25, 0.3) is 0 Å². The number of pyridine rings is 1. The first-order chi connectivity index (χ1) is 14.7. The van der Waals surface area contributed by atoms with Crippen LogP contribution in [-0.2, 0) is 6.18 Å². The maximum atomic E-state index is 14.3. The van der Waals surface area contributed by atoms with Crippen molar-refractivity contribution in [1.29, 1.82) is 0 Å². The summed E-state index contributed by atoms with van der Waals surface area (Å²) in [5.41, 5.74) is -3.80. The Bertz CT molecular complexity index is 1270. The lowest BCUT2D eigenvalue weighted by Gasteiger charge is -2.11. The van der Waals surface area contributed by atoms with Gasteiger partial charge in [0, 0.05) is 6.20 Å². The van der Waals surface area contributed by atoms with Gasteiger partial charge in [-0.15, -0.1) is 0 Å². The van der Waals surface area contributed by atoms with E-state index in [0.717, 1.165) is 12.3 Å². The van der Waals surface area contributed by atoms with Crippen molar-refractivity contribution in [2.24, 2.45) is 0 Å². The summed E-state index contributed by atoms with van der Waals surface area (Å²) in [7, 11) is 0. The molecule has 0 saturated carbocycles. The SMILES string of the molecule is O=C(O)c1c(-c2c(F)cccc2Cl)noc1-c1cnn(-c2ccccn2)c1C(F)(F)F. The van der Waals surface area contributed by atoms with E-state index in [0.29, 0.717) is 4.68 Å². The van der Waals surface area contributed by atoms with Crippen molar-refractivity contribution in [2.75, 3.05) is 0 Å². The number of aromatic carboxylic acids is 1. The number of rotatable bonds is 4. The fourth-order valence-corrected chi connectivity index (χ4v) is 3.26. The lowest BCUT2D eigenvalue weighted by atomic mass is 10.0. The van der Waals surface area contributed by atoms with E-state index in [1.54, 1.807) is 0 Å². The van der Waals surface area contributed by atoms with Gasteiger partial charge in [0.05, 0.1) is 22.3 Å². The summed E-state index contributed by atoms with van der Waals surface area (Å²) in [6.07, 6.45) is -2.93. The number of hydrogen-bond acceptors (Lipinski definition) is 5. The molecule has 1 aromatic carbocycles. The molecule has 0 radical (unpaired) electrons. The molecular weight excluding hydrogens is 444 g/mol. The zero-order chi connectivity index (χ0) is 22.3. The highest BCUT2D eigenvalue weighted by Gasteiger charge is 2.42. The molecule has 0 aliphatic heterocycles. The van der Waals surface area contributed by atoms with E-state index in [2.05, 4.69) is 15.2 Å². The second-order valence-corrected chi connectivity index (χ2v) is 6.55. The highest BCUT2D eigenvalue weighted by atomic mass is 35.5. The van der Waals surface area contributed by atoms with Gasteiger partial charge in [-0.05, 0) is 24.3 Å². The number of carbonyl (C=O) groups is 1. The minimum atomic E-state index is -4.97. The molecule has 158 valence electrons. The van der Waals surface area contributed by atoms with Crippen LogP contribution in [0.15, 0.2) is 53.3 Å². The molecule has 3 heterocycles. The van der Waals surface area contributed by atoms with Crippen LogP contribution in [0.25, 0.3) is 28.4 Å². The molecule has 0 spiro atoms. The minimum absolute atomic E-state index is 0.158.